The summed E-state index contributed by atoms with van der Waals surface area (Å²) in [6, 6.07) is 13.1. The second-order valence-electron chi connectivity index (χ2n) is 4.41. The van der Waals surface area contributed by atoms with Crippen LogP contribution in [0.2, 0.25) is 5.02 Å². The Labute approximate surface area is 137 Å². The van der Waals surface area contributed by atoms with Crippen LogP contribution >= 0.6 is 23.8 Å². The summed E-state index contributed by atoms with van der Waals surface area (Å²) in [6.07, 6.45) is -0.0839. The molecule has 0 saturated heterocycles. The summed E-state index contributed by atoms with van der Waals surface area (Å²) >= 11 is 10.9. The molecule has 0 spiro atoms. The summed E-state index contributed by atoms with van der Waals surface area (Å²) in [5, 5.41) is 3.62. The molecule has 0 aliphatic rings. The number of carbonyl (C=O) groups excluding carboxylic acids is 1. The predicted octanol–water partition coefficient (Wildman–Crippen LogP) is 3.04. The van der Waals surface area contributed by atoms with Crippen LogP contribution in [0, 0.1) is 5.82 Å². The molecule has 7 heteroatoms. The number of hydrogen-bond donors (Lipinski definition) is 3. The van der Waals surface area contributed by atoms with Crippen molar-refractivity contribution in [2.24, 2.45) is 0 Å². The Morgan fingerprint density at radius 3 is 2.64 bits per heavy atom. The molecule has 0 fully saturated rings. The van der Waals surface area contributed by atoms with E-state index in [9.17, 15) is 9.18 Å². The van der Waals surface area contributed by atoms with Crippen LogP contribution in [0.25, 0.3) is 0 Å². The van der Waals surface area contributed by atoms with Gasteiger partial charge in [-0.05, 0) is 42.0 Å². The quantitative estimate of drug-likeness (QED) is 0.595. The summed E-state index contributed by atoms with van der Waals surface area (Å²) in [7, 11) is 0. The molecule has 0 radical (unpaired) electrons. The summed E-state index contributed by atoms with van der Waals surface area (Å²) in [5.41, 5.74) is 5.95. The van der Waals surface area contributed by atoms with Crippen molar-refractivity contribution in [1.29, 1.82) is 0 Å². The van der Waals surface area contributed by atoms with E-state index < -0.39 is 11.7 Å². The van der Waals surface area contributed by atoms with Gasteiger partial charge < -0.3 is 5.32 Å². The molecule has 0 aliphatic heterocycles. The average molecular weight is 338 g/mol. The largest absolute Gasteiger partial charge is 0.331 e. The SMILES string of the molecule is O=C(Cc1ccccc1F)NNC(=S)Nc1cccc(Cl)c1. The molecule has 2 aromatic rings. The van der Waals surface area contributed by atoms with Crippen molar-refractivity contribution in [1.82, 2.24) is 10.9 Å². The van der Waals surface area contributed by atoms with Crippen LogP contribution in [0.15, 0.2) is 48.5 Å². The number of nitrogens with one attached hydrogen (secondary N) is 3. The van der Waals surface area contributed by atoms with Crippen molar-refractivity contribution >= 4 is 40.5 Å². The first-order valence-electron chi connectivity index (χ1n) is 6.39. The molecule has 0 aromatic heterocycles. The van der Waals surface area contributed by atoms with Crippen molar-refractivity contribution in [2.75, 3.05) is 5.32 Å². The highest BCUT2D eigenvalue weighted by Gasteiger charge is 2.07. The first-order chi connectivity index (χ1) is 10.5. The third-order valence-corrected chi connectivity index (χ3v) is 3.15. The number of anilines is 1. The first kappa shape index (κ1) is 16.2. The van der Waals surface area contributed by atoms with E-state index >= 15 is 0 Å². The lowest BCUT2D eigenvalue weighted by Gasteiger charge is -2.12. The molecule has 0 heterocycles. The molecule has 0 aliphatic carbocycles. The highest BCUT2D eigenvalue weighted by molar-refractivity contribution is 7.80. The van der Waals surface area contributed by atoms with Gasteiger partial charge in [-0.1, -0.05) is 35.9 Å². The van der Waals surface area contributed by atoms with Crippen LogP contribution in [0.1, 0.15) is 5.56 Å². The zero-order chi connectivity index (χ0) is 15.9. The van der Waals surface area contributed by atoms with Gasteiger partial charge in [-0.25, -0.2) is 4.39 Å². The number of halogens is 2. The Kier molecular flexibility index (Phi) is 5.68. The minimum absolute atomic E-state index is 0.0839. The van der Waals surface area contributed by atoms with Crippen molar-refractivity contribution in [3.8, 4) is 0 Å². The lowest BCUT2D eigenvalue weighted by atomic mass is 10.1. The number of hydrazine groups is 1. The highest BCUT2D eigenvalue weighted by Crippen LogP contribution is 2.14. The van der Waals surface area contributed by atoms with Gasteiger partial charge in [0.25, 0.3) is 0 Å². The van der Waals surface area contributed by atoms with Crippen molar-refractivity contribution in [3.05, 3.63) is 64.9 Å². The fourth-order valence-corrected chi connectivity index (χ4v) is 2.07. The fourth-order valence-electron chi connectivity index (χ4n) is 1.71. The van der Waals surface area contributed by atoms with E-state index in [4.69, 9.17) is 23.8 Å². The average Bonchev–Trinajstić information content (AvgIpc) is 2.48. The topological polar surface area (TPSA) is 53.2 Å². The predicted molar refractivity (Wildman–Crippen MR) is 89.1 cm³/mol. The zero-order valence-electron chi connectivity index (χ0n) is 11.4. The molecule has 22 heavy (non-hydrogen) atoms. The molecule has 0 bridgehead atoms. The maximum absolute atomic E-state index is 13.4. The van der Waals surface area contributed by atoms with Crippen LogP contribution in [0.5, 0.6) is 0 Å². The zero-order valence-corrected chi connectivity index (χ0v) is 13.0. The monoisotopic (exact) mass is 337 g/mol. The van der Waals surface area contributed by atoms with Crippen LogP contribution in [-0.4, -0.2) is 11.0 Å². The standard InChI is InChI=1S/C15H13ClFN3OS/c16-11-5-3-6-12(9-11)18-15(22)20-19-14(21)8-10-4-1-2-7-13(10)17/h1-7,9H,8H2,(H,19,21)(H2,18,20,22). The van der Waals surface area contributed by atoms with Gasteiger partial charge in [-0.15, -0.1) is 0 Å². The van der Waals surface area contributed by atoms with Gasteiger partial charge in [0.05, 0.1) is 6.42 Å². The van der Waals surface area contributed by atoms with E-state index in [1.807, 2.05) is 0 Å². The Morgan fingerprint density at radius 1 is 1.14 bits per heavy atom. The van der Waals surface area contributed by atoms with Crippen LogP contribution in [-0.2, 0) is 11.2 Å². The van der Waals surface area contributed by atoms with Gasteiger partial charge in [-0.2, -0.15) is 0 Å². The third-order valence-electron chi connectivity index (χ3n) is 2.71. The lowest BCUT2D eigenvalue weighted by Crippen LogP contribution is -2.44. The number of rotatable bonds is 3. The molecule has 0 saturated carbocycles. The normalized spacial score (nSPS) is 9.91. The maximum atomic E-state index is 13.4. The van der Waals surface area contributed by atoms with Gasteiger partial charge in [-0.3, -0.25) is 15.6 Å². The van der Waals surface area contributed by atoms with Crippen LogP contribution in [0.4, 0.5) is 10.1 Å². The van der Waals surface area contributed by atoms with Crippen LogP contribution in [0.3, 0.4) is 0 Å². The van der Waals surface area contributed by atoms with Gasteiger partial charge in [0.2, 0.25) is 5.91 Å². The molecule has 2 aromatic carbocycles. The summed E-state index contributed by atoms with van der Waals surface area (Å²) in [5.74, 6) is -0.822. The van der Waals surface area contributed by atoms with Crippen molar-refractivity contribution in [2.45, 2.75) is 6.42 Å². The maximum Gasteiger partial charge on any atom is 0.242 e. The molecular weight excluding hydrogens is 325 g/mol. The van der Waals surface area contributed by atoms with E-state index in [2.05, 4.69) is 16.2 Å². The summed E-state index contributed by atoms with van der Waals surface area (Å²) in [6.45, 7) is 0. The van der Waals surface area contributed by atoms with Crippen molar-refractivity contribution in [3.63, 3.8) is 0 Å². The molecule has 0 atom stereocenters. The number of carbonyl (C=O) groups is 1. The molecule has 2 rings (SSSR count). The van der Waals surface area contributed by atoms with E-state index in [1.54, 1.807) is 42.5 Å². The van der Waals surface area contributed by atoms with Crippen molar-refractivity contribution < 1.29 is 9.18 Å². The second-order valence-corrected chi connectivity index (χ2v) is 5.25. The number of amides is 1. The molecular formula is C15H13ClFN3OS. The Balaban J connectivity index is 1.81. The number of hydrogen-bond acceptors (Lipinski definition) is 2. The smallest absolute Gasteiger partial charge is 0.242 e. The lowest BCUT2D eigenvalue weighted by molar-refractivity contribution is -0.121. The third kappa shape index (κ3) is 4.98. The minimum atomic E-state index is -0.419. The Bertz CT molecular complexity index is 696. The Hall–Kier alpha value is -2.18. The number of thiocarbonyl (C=S) groups is 1. The molecule has 114 valence electrons. The Morgan fingerprint density at radius 2 is 1.91 bits per heavy atom. The van der Waals surface area contributed by atoms with Gasteiger partial charge in [0, 0.05) is 10.7 Å². The fraction of sp³-hybridized carbons (Fsp3) is 0.0667. The minimum Gasteiger partial charge on any atom is -0.331 e. The summed E-state index contributed by atoms with van der Waals surface area (Å²) in [4.78, 5) is 11.7. The molecule has 0 unspecified atom stereocenters. The highest BCUT2D eigenvalue weighted by atomic mass is 35.5. The van der Waals surface area contributed by atoms with Gasteiger partial charge in [0.1, 0.15) is 5.82 Å². The number of benzene rings is 2. The molecule has 1 amide bonds. The first-order valence-corrected chi connectivity index (χ1v) is 7.18. The van der Waals surface area contributed by atoms with E-state index in [0.29, 0.717) is 16.3 Å². The van der Waals surface area contributed by atoms with Crippen LogP contribution < -0.4 is 16.2 Å². The van der Waals surface area contributed by atoms with E-state index in [1.165, 1.54) is 6.07 Å². The molecule has 4 nitrogen and oxygen atoms in total. The van der Waals surface area contributed by atoms with Gasteiger partial charge >= 0.3 is 0 Å². The molecule has 3 N–H and O–H groups in total. The van der Waals surface area contributed by atoms with Gasteiger partial charge in [0.15, 0.2) is 5.11 Å². The van der Waals surface area contributed by atoms with E-state index in [-0.39, 0.29) is 11.5 Å². The second kappa shape index (κ2) is 7.72. The van der Waals surface area contributed by atoms with E-state index in [0.717, 1.165) is 0 Å². The summed E-state index contributed by atoms with van der Waals surface area (Å²) < 4.78 is 13.4.